The van der Waals surface area contributed by atoms with E-state index in [9.17, 15) is 14.9 Å². The molecule has 2 aromatic carbocycles. The van der Waals surface area contributed by atoms with E-state index < -0.39 is 4.92 Å². The molecule has 3 rings (SSSR count). The maximum absolute atomic E-state index is 12.1. The molecule has 0 atom stereocenters. The molecule has 1 heterocycles. The Morgan fingerprint density at radius 2 is 1.79 bits per heavy atom. The second-order valence-electron chi connectivity index (χ2n) is 5.07. The predicted octanol–water partition coefficient (Wildman–Crippen LogP) is 4.75. The molecule has 5 heteroatoms. The number of nitro groups is 1. The second kappa shape index (κ2) is 6.75. The summed E-state index contributed by atoms with van der Waals surface area (Å²) in [6.45, 7) is 0. The van der Waals surface area contributed by atoms with Crippen LogP contribution >= 0.6 is 0 Å². The number of hydrogen-bond acceptors (Lipinski definition) is 4. The fraction of sp³-hybridized carbons (Fsp3) is 0. The maximum atomic E-state index is 12.1. The van der Waals surface area contributed by atoms with Crippen molar-refractivity contribution >= 4 is 17.5 Å². The van der Waals surface area contributed by atoms with Crippen molar-refractivity contribution in [3.05, 3.63) is 94.2 Å². The summed E-state index contributed by atoms with van der Waals surface area (Å²) in [6, 6.07) is 18.8. The minimum Gasteiger partial charge on any atom is -0.457 e. The molecular weight excluding hydrogens is 306 g/mol. The van der Waals surface area contributed by atoms with Gasteiger partial charge in [-0.3, -0.25) is 14.9 Å². The first-order valence-corrected chi connectivity index (χ1v) is 7.25. The summed E-state index contributed by atoms with van der Waals surface area (Å²) < 4.78 is 5.67. The predicted molar refractivity (Wildman–Crippen MR) is 90.6 cm³/mol. The number of non-ortho nitro benzene ring substituents is 1. The standard InChI is InChI=1S/C19H13NO4/c21-18(15-7-4-8-16(13-15)20(22)23)11-9-17-10-12-19(24-17)14-5-2-1-3-6-14/h1-13H/b11-9+. The number of hydrogen-bond donors (Lipinski definition) is 0. The number of ketones is 1. The van der Waals surface area contributed by atoms with Gasteiger partial charge in [0.1, 0.15) is 11.5 Å². The van der Waals surface area contributed by atoms with Gasteiger partial charge in [-0.15, -0.1) is 0 Å². The maximum Gasteiger partial charge on any atom is 0.270 e. The highest BCUT2D eigenvalue weighted by atomic mass is 16.6. The van der Waals surface area contributed by atoms with Crippen LogP contribution in [-0.4, -0.2) is 10.7 Å². The lowest BCUT2D eigenvalue weighted by molar-refractivity contribution is -0.384. The lowest BCUT2D eigenvalue weighted by atomic mass is 10.1. The zero-order valence-electron chi connectivity index (χ0n) is 12.6. The number of furan rings is 1. The molecule has 1 aromatic heterocycles. The van der Waals surface area contributed by atoms with Crippen molar-refractivity contribution in [2.45, 2.75) is 0 Å². The van der Waals surface area contributed by atoms with Gasteiger partial charge in [0.05, 0.1) is 4.92 Å². The number of allylic oxidation sites excluding steroid dienone is 1. The Kier molecular flexibility index (Phi) is 4.34. The van der Waals surface area contributed by atoms with Crippen LogP contribution in [-0.2, 0) is 0 Å². The Bertz CT molecular complexity index is 910. The van der Waals surface area contributed by atoms with Crippen molar-refractivity contribution < 1.29 is 14.1 Å². The SMILES string of the molecule is O=C(/C=C/c1ccc(-c2ccccc2)o1)c1cccc([N+](=O)[O-])c1. The lowest BCUT2D eigenvalue weighted by Crippen LogP contribution is -1.96. The van der Waals surface area contributed by atoms with Crippen molar-refractivity contribution in [2.75, 3.05) is 0 Å². The van der Waals surface area contributed by atoms with E-state index in [1.165, 1.54) is 30.3 Å². The molecule has 0 aliphatic carbocycles. The van der Waals surface area contributed by atoms with Crippen LogP contribution < -0.4 is 0 Å². The average molecular weight is 319 g/mol. The average Bonchev–Trinajstić information content (AvgIpc) is 3.09. The molecule has 0 fully saturated rings. The molecule has 0 unspecified atom stereocenters. The first kappa shape index (κ1) is 15.4. The van der Waals surface area contributed by atoms with Crippen molar-refractivity contribution in [1.29, 1.82) is 0 Å². The van der Waals surface area contributed by atoms with Crippen molar-refractivity contribution in [3.63, 3.8) is 0 Å². The van der Waals surface area contributed by atoms with E-state index in [0.717, 1.165) is 5.56 Å². The summed E-state index contributed by atoms with van der Waals surface area (Å²) in [7, 11) is 0. The summed E-state index contributed by atoms with van der Waals surface area (Å²) in [5.41, 5.74) is 1.09. The van der Waals surface area contributed by atoms with Crippen LogP contribution in [0.1, 0.15) is 16.1 Å². The number of carbonyl (C=O) groups is 1. The van der Waals surface area contributed by atoms with Gasteiger partial charge in [-0.25, -0.2) is 0 Å². The summed E-state index contributed by atoms with van der Waals surface area (Å²) in [5, 5.41) is 10.8. The van der Waals surface area contributed by atoms with E-state index >= 15 is 0 Å². The lowest BCUT2D eigenvalue weighted by Gasteiger charge is -1.96. The molecule has 0 aliphatic heterocycles. The minimum absolute atomic E-state index is 0.112. The topological polar surface area (TPSA) is 73.3 Å². The minimum atomic E-state index is -0.529. The Morgan fingerprint density at radius 3 is 2.54 bits per heavy atom. The molecule has 24 heavy (non-hydrogen) atoms. The first-order valence-electron chi connectivity index (χ1n) is 7.25. The third kappa shape index (κ3) is 3.47. The van der Waals surface area contributed by atoms with Crippen LogP contribution in [0.3, 0.4) is 0 Å². The quantitative estimate of drug-likeness (QED) is 0.294. The smallest absolute Gasteiger partial charge is 0.270 e. The Labute approximate surface area is 138 Å². The molecule has 0 spiro atoms. The van der Waals surface area contributed by atoms with Gasteiger partial charge >= 0.3 is 0 Å². The largest absolute Gasteiger partial charge is 0.457 e. The number of nitrogens with zero attached hydrogens (tertiary/aromatic N) is 1. The van der Waals surface area contributed by atoms with Crippen LogP contribution in [0.2, 0.25) is 0 Å². The zero-order chi connectivity index (χ0) is 16.9. The third-order valence-electron chi connectivity index (χ3n) is 3.43. The molecule has 0 aliphatic rings. The number of benzene rings is 2. The van der Waals surface area contributed by atoms with E-state index in [2.05, 4.69) is 0 Å². The Balaban J connectivity index is 1.76. The van der Waals surface area contributed by atoms with Crippen LogP contribution in [0, 0.1) is 10.1 Å². The Morgan fingerprint density at radius 1 is 1.00 bits per heavy atom. The molecule has 0 amide bonds. The highest BCUT2D eigenvalue weighted by molar-refractivity contribution is 6.07. The van der Waals surface area contributed by atoms with Gasteiger partial charge in [0.25, 0.3) is 5.69 Å². The van der Waals surface area contributed by atoms with E-state index in [1.54, 1.807) is 12.1 Å². The van der Waals surface area contributed by atoms with Crippen LogP contribution in [0.15, 0.2) is 77.2 Å². The second-order valence-corrected chi connectivity index (χ2v) is 5.07. The van der Waals surface area contributed by atoms with Crippen LogP contribution in [0.5, 0.6) is 0 Å². The van der Waals surface area contributed by atoms with Gasteiger partial charge in [-0.1, -0.05) is 42.5 Å². The zero-order valence-corrected chi connectivity index (χ0v) is 12.6. The van der Waals surface area contributed by atoms with Gasteiger partial charge in [0.15, 0.2) is 5.78 Å². The molecule has 3 aromatic rings. The molecule has 118 valence electrons. The summed E-state index contributed by atoms with van der Waals surface area (Å²) in [6.07, 6.45) is 2.89. The van der Waals surface area contributed by atoms with E-state index in [1.807, 2.05) is 36.4 Å². The highest BCUT2D eigenvalue weighted by Gasteiger charge is 2.09. The fourth-order valence-corrected chi connectivity index (χ4v) is 2.23. The summed E-state index contributed by atoms with van der Waals surface area (Å²) in [5.74, 6) is 0.919. The van der Waals surface area contributed by atoms with E-state index in [4.69, 9.17) is 4.42 Å². The number of rotatable bonds is 5. The van der Waals surface area contributed by atoms with Crippen molar-refractivity contribution in [3.8, 4) is 11.3 Å². The first-order chi connectivity index (χ1) is 11.6. The third-order valence-corrected chi connectivity index (χ3v) is 3.43. The van der Waals surface area contributed by atoms with Gasteiger partial charge in [0.2, 0.25) is 0 Å². The van der Waals surface area contributed by atoms with E-state index in [-0.39, 0.29) is 17.0 Å². The van der Waals surface area contributed by atoms with Gasteiger partial charge in [-0.2, -0.15) is 0 Å². The van der Waals surface area contributed by atoms with Gasteiger partial charge < -0.3 is 4.42 Å². The summed E-state index contributed by atoms with van der Waals surface area (Å²) >= 11 is 0. The molecule has 0 radical (unpaired) electrons. The molecule has 0 saturated carbocycles. The summed E-state index contributed by atoms with van der Waals surface area (Å²) in [4.78, 5) is 22.3. The normalized spacial score (nSPS) is 10.8. The monoisotopic (exact) mass is 319 g/mol. The molecular formula is C19H13NO4. The molecule has 0 bridgehead atoms. The number of carbonyl (C=O) groups excluding carboxylic acids is 1. The molecule has 0 N–H and O–H groups in total. The number of nitro benzene ring substituents is 1. The molecule has 0 saturated heterocycles. The van der Waals surface area contributed by atoms with Gasteiger partial charge in [-0.05, 0) is 24.3 Å². The van der Waals surface area contributed by atoms with E-state index in [0.29, 0.717) is 11.5 Å². The van der Waals surface area contributed by atoms with Crippen molar-refractivity contribution in [1.82, 2.24) is 0 Å². The fourth-order valence-electron chi connectivity index (χ4n) is 2.23. The van der Waals surface area contributed by atoms with Gasteiger partial charge in [0, 0.05) is 23.3 Å². The van der Waals surface area contributed by atoms with Crippen LogP contribution in [0.4, 0.5) is 5.69 Å². The Hall–Kier alpha value is -3.47. The highest BCUT2D eigenvalue weighted by Crippen LogP contribution is 2.22. The van der Waals surface area contributed by atoms with Crippen molar-refractivity contribution in [2.24, 2.45) is 0 Å². The molecule has 5 nitrogen and oxygen atoms in total. The van der Waals surface area contributed by atoms with Crippen LogP contribution in [0.25, 0.3) is 17.4 Å².